The molecule has 0 bridgehead atoms. The molecule has 0 saturated heterocycles. The van der Waals surface area contributed by atoms with E-state index in [1.54, 1.807) is 6.07 Å². The van der Waals surface area contributed by atoms with Gasteiger partial charge in [0.2, 0.25) is 0 Å². The van der Waals surface area contributed by atoms with Crippen LogP contribution in [0.3, 0.4) is 0 Å². The molecular weight excluding hydrogens is 184 g/mol. The van der Waals surface area contributed by atoms with Crippen molar-refractivity contribution in [3.63, 3.8) is 0 Å². The van der Waals surface area contributed by atoms with E-state index in [1.165, 1.54) is 0 Å². The van der Waals surface area contributed by atoms with Crippen LogP contribution in [0.5, 0.6) is 0 Å². The van der Waals surface area contributed by atoms with Gasteiger partial charge in [0.1, 0.15) is 6.61 Å². The van der Waals surface area contributed by atoms with Crippen LogP contribution in [0.2, 0.25) is 0 Å². The van der Waals surface area contributed by atoms with Crippen molar-refractivity contribution in [2.24, 2.45) is 5.73 Å². The summed E-state index contributed by atoms with van der Waals surface area (Å²) in [5.74, 6) is 0.696. The standard InChI is InChI=1S/C9H16N2O3/c1-2-12-3-4-13-7-9-5-8(6-10)11-14-9/h5H,2-4,6-7,10H2,1H3. The maximum Gasteiger partial charge on any atom is 0.162 e. The minimum Gasteiger partial charge on any atom is -0.379 e. The van der Waals surface area contributed by atoms with Gasteiger partial charge in [-0.1, -0.05) is 5.16 Å². The van der Waals surface area contributed by atoms with Crippen LogP contribution in [0.1, 0.15) is 18.4 Å². The van der Waals surface area contributed by atoms with Crippen molar-refractivity contribution in [2.75, 3.05) is 19.8 Å². The molecule has 1 aromatic rings. The summed E-state index contributed by atoms with van der Waals surface area (Å²) in [7, 11) is 0. The minimum atomic E-state index is 0.391. The lowest BCUT2D eigenvalue weighted by Crippen LogP contribution is -2.03. The van der Waals surface area contributed by atoms with E-state index in [0.29, 0.717) is 38.7 Å². The van der Waals surface area contributed by atoms with Crippen molar-refractivity contribution >= 4 is 0 Å². The molecule has 2 N–H and O–H groups in total. The molecular formula is C9H16N2O3. The van der Waals surface area contributed by atoms with Gasteiger partial charge in [-0.05, 0) is 6.92 Å². The SMILES string of the molecule is CCOCCOCc1cc(CN)no1. The lowest BCUT2D eigenvalue weighted by Gasteiger charge is -2.00. The minimum absolute atomic E-state index is 0.391. The predicted octanol–water partition coefficient (Wildman–Crippen LogP) is 0.686. The van der Waals surface area contributed by atoms with Gasteiger partial charge in [0.05, 0.1) is 18.9 Å². The van der Waals surface area contributed by atoms with Gasteiger partial charge in [-0.3, -0.25) is 0 Å². The average molecular weight is 200 g/mol. The summed E-state index contributed by atoms with van der Waals surface area (Å²) in [4.78, 5) is 0. The Morgan fingerprint density at radius 2 is 2.21 bits per heavy atom. The van der Waals surface area contributed by atoms with Crippen LogP contribution in [-0.4, -0.2) is 25.0 Å². The first-order valence-corrected chi connectivity index (χ1v) is 4.66. The summed E-state index contributed by atoms with van der Waals surface area (Å²) in [5.41, 5.74) is 6.12. The normalized spacial score (nSPS) is 10.7. The van der Waals surface area contributed by atoms with Crippen LogP contribution in [-0.2, 0) is 22.6 Å². The third-order valence-electron chi connectivity index (χ3n) is 1.64. The largest absolute Gasteiger partial charge is 0.379 e. The fourth-order valence-corrected chi connectivity index (χ4v) is 0.955. The van der Waals surface area contributed by atoms with Gasteiger partial charge in [-0.25, -0.2) is 0 Å². The molecule has 1 aromatic heterocycles. The van der Waals surface area contributed by atoms with E-state index in [-0.39, 0.29) is 0 Å². The molecule has 5 nitrogen and oxygen atoms in total. The Balaban J connectivity index is 2.12. The molecule has 0 aliphatic carbocycles. The lowest BCUT2D eigenvalue weighted by molar-refractivity contribution is 0.0372. The van der Waals surface area contributed by atoms with Crippen molar-refractivity contribution in [3.8, 4) is 0 Å². The Labute approximate surface area is 83.2 Å². The van der Waals surface area contributed by atoms with Crippen molar-refractivity contribution < 1.29 is 14.0 Å². The quantitative estimate of drug-likeness (QED) is 0.655. The molecule has 0 fully saturated rings. The van der Waals surface area contributed by atoms with Crippen molar-refractivity contribution in [2.45, 2.75) is 20.1 Å². The molecule has 0 unspecified atom stereocenters. The number of rotatable bonds is 7. The van der Waals surface area contributed by atoms with E-state index in [4.69, 9.17) is 19.7 Å². The summed E-state index contributed by atoms with van der Waals surface area (Å²) in [6.45, 7) is 4.64. The van der Waals surface area contributed by atoms with E-state index >= 15 is 0 Å². The summed E-state index contributed by atoms with van der Waals surface area (Å²) in [5, 5.41) is 3.74. The van der Waals surface area contributed by atoms with E-state index in [2.05, 4.69) is 5.16 Å². The van der Waals surface area contributed by atoms with Crippen LogP contribution in [0.4, 0.5) is 0 Å². The number of nitrogens with two attached hydrogens (primary N) is 1. The van der Waals surface area contributed by atoms with Gasteiger partial charge in [0, 0.05) is 19.2 Å². The Kier molecular flexibility index (Phi) is 5.21. The van der Waals surface area contributed by atoms with Gasteiger partial charge in [-0.15, -0.1) is 0 Å². The summed E-state index contributed by atoms with van der Waals surface area (Å²) >= 11 is 0. The number of aromatic nitrogens is 1. The highest BCUT2D eigenvalue weighted by Crippen LogP contribution is 2.03. The molecule has 1 rings (SSSR count). The average Bonchev–Trinajstić information content (AvgIpc) is 2.65. The monoisotopic (exact) mass is 200 g/mol. The molecule has 0 amide bonds. The number of nitrogens with zero attached hydrogens (tertiary/aromatic N) is 1. The zero-order valence-corrected chi connectivity index (χ0v) is 8.36. The molecule has 0 spiro atoms. The van der Waals surface area contributed by atoms with Crippen molar-refractivity contribution in [1.82, 2.24) is 5.16 Å². The third-order valence-corrected chi connectivity index (χ3v) is 1.64. The highest BCUT2D eigenvalue weighted by Gasteiger charge is 2.01. The van der Waals surface area contributed by atoms with E-state index < -0.39 is 0 Å². The molecule has 0 aliphatic heterocycles. The predicted molar refractivity (Wildman–Crippen MR) is 50.5 cm³/mol. The molecule has 14 heavy (non-hydrogen) atoms. The van der Waals surface area contributed by atoms with Crippen molar-refractivity contribution in [1.29, 1.82) is 0 Å². The Bertz CT molecular complexity index is 250. The fourth-order valence-electron chi connectivity index (χ4n) is 0.955. The lowest BCUT2D eigenvalue weighted by atomic mass is 10.4. The molecule has 80 valence electrons. The van der Waals surface area contributed by atoms with Gasteiger partial charge in [0.15, 0.2) is 5.76 Å². The molecule has 0 aromatic carbocycles. The molecule has 0 aliphatic rings. The van der Waals surface area contributed by atoms with Crippen LogP contribution in [0, 0.1) is 0 Å². The fraction of sp³-hybridized carbons (Fsp3) is 0.667. The third kappa shape index (κ3) is 3.87. The first-order chi connectivity index (χ1) is 6.86. The van der Waals surface area contributed by atoms with Gasteiger partial charge in [-0.2, -0.15) is 0 Å². The first kappa shape index (κ1) is 11.2. The van der Waals surface area contributed by atoms with E-state index in [0.717, 1.165) is 5.69 Å². The second-order valence-corrected chi connectivity index (χ2v) is 2.74. The first-order valence-electron chi connectivity index (χ1n) is 4.66. The second-order valence-electron chi connectivity index (χ2n) is 2.74. The molecule has 0 atom stereocenters. The number of hydrogen-bond donors (Lipinski definition) is 1. The van der Waals surface area contributed by atoms with Crippen molar-refractivity contribution in [3.05, 3.63) is 17.5 Å². The van der Waals surface area contributed by atoms with Gasteiger partial charge in [0.25, 0.3) is 0 Å². The van der Waals surface area contributed by atoms with Crippen LogP contribution >= 0.6 is 0 Å². The van der Waals surface area contributed by atoms with E-state index in [9.17, 15) is 0 Å². The molecule has 1 heterocycles. The molecule has 5 heteroatoms. The zero-order chi connectivity index (χ0) is 10.2. The maximum atomic E-state index is 5.37. The summed E-state index contributed by atoms with van der Waals surface area (Å²) in [6, 6.07) is 1.79. The summed E-state index contributed by atoms with van der Waals surface area (Å²) in [6.07, 6.45) is 0. The second kappa shape index (κ2) is 6.53. The van der Waals surface area contributed by atoms with Crippen LogP contribution in [0.15, 0.2) is 10.6 Å². The van der Waals surface area contributed by atoms with Gasteiger partial charge < -0.3 is 19.7 Å². The number of hydrogen-bond acceptors (Lipinski definition) is 5. The molecule has 0 radical (unpaired) electrons. The number of ether oxygens (including phenoxy) is 2. The highest BCUT2D eigenvalue weighted by molar-refractivity contribution is 5.03. The highest BCUT2D eigenvalue weighted by atomic mass is 16.5. The maximum absolute atomic E-state index is 5.37. The zero-order valence-electron chi connectivity index (χ0n) is 8.36. The summed E-state index contributed by atoms with van der Waals surface area (Å²) < 4.78 is 15.4. The van der Waals surface area contributed by atoms with Crippen LogP contribution < -0.4 is 5.73 Å². The smallest absolute Gasteiger partial charge is 0.162 e. The Morgan fingerprint density at radius 3 is 2.86 bits per heavy atom. The van der Waals surface area contributed by atoms with Crippen LogP contribution in [0.25, 0.3) is 0 Å². The van der Waals surface area contributed by atoms with Gasteiger partial charge >= 0.3 is 0 Å². The Hall–Kier alpha value is -0.910. The molecule has 0 saturated carbocycles. The Morgan fingerprint density at radius 1 is 1.43 bits per heavy atom. The topological polar surface area (TPSA) is 70.5 Å². The van der Waals surface area contributed by atoms with E-state index in [1.807, 2.05) is 6.92 Å².